The maximum atomic E-state index is 11.4. The van der Waals surface area contributed by atoms with Gasteiger partial charge in [-0.25, -0.2) is 9.59 Å². The van der Waals surface area contributed by atoms with Gasteiger partial charge in [0.05, 0.1) is 42.5 Å². The molecule has 41 heavy (non-hydrogen) atoms. The maximum absolute atomic E-state index is 11.4. The molecule has 15 heteroatoms. The van der Waals surface area contributed by atoms with Gasteiger partial charge in [0.25, 0.3) is 0 Å². The Kier molecular flexibility index (Phi) is 9.62. The topological polar surface area (TPSA) is 253 Å². The summed E-state index contributed by atoms with van der Waals surface area (Å²) in [4.78, 5) is 22.3. The average Bonchev–Trinajstić information content (AvgIpc) is 3.39. The molecule has 3 aliphatic heterocycles. The third-order valence-corrected chi connectivity index (χ3v) is 9.06. The van der Waals surface area contributed by atoms with E-state index in [1.54, 1.807) is 13.8 Å². The van der Waals surface area contributed by atoms with E-state index in [1.807, 2.05) is 0 Å². The molecular formula is C26H38O15. The molecule has 0 aromatic carbocycles. The van der Waals surface area contributed by atoms with E-state index in [0.717, 1.165) is 12.5 Å². The lowest BCUT2D eigenvalue weighted by Gasteiger charge is -2.43. The van der Waals surface area contributed by atoms with Crippen molar-refractivity contribution in [2.75, 3.05) is 6.61 Å². The first-order valence-electron chi connectivity index (χ1n) is 13.5. The van der Waals surface area contributed by atoms with Crippen LogP contribution < -0.4 is 0 Å². The Morgan fingerprint density at radius 2 is 1.29 bits per heavy atom. The van der Waals surface area contributed by atoms with E-state index in [1.165, 1.54) is 0 Å². The minimum atomic E-state index is -1.60. The predicted octanol–water partition coefficient (Wildman–Crippen LogP) is -2.30. The lowest BCUT2D eigenvalue weighted by molar-refractivity contribution is -0.342. The van der Waals surface area contributed by atoms with Crippen LogP contribution >= 0.6 is 0 Å². The SMILES string of the molecule is C[C@@H]1[C@H]2[C@H](O)OC=C(C(=O)O)[C@H]2C[C@@H]1O.C[C@@H]1[C@H]2[C@H](O[C@@H]3O[C@H](CO)[C@@H](O)[C@H](O)[C@H]3O)OC=C(C(=O)O)[C@H]2C[C@@H]1O. The van der Waals surface area contributed by atoms with E-state index < -0.39 is 85.9 Å². The summed E-state index contributed by atoms with van der Waals surface area (Å²) < 4.78 is 21.2. The fraction of sp³-hybridized carbons (Fsp3) is 0.769. The molecule has 1 saturated heterocycles. The van der Waals surface area contributed by atoms with Crippen molar-refractivity contribution in [3.63, 3.8) is 0 Å². The van der Waals surface area contributed by atoms with Crippen molar-refractivity contribution in [1.29, 1.82) is 0 Å². The number of carboxylic acids is 2. The average molecular weight is 591 g/mol. The van der Waals surface area contributed by atoms with Gasteiger partial charge < -0.3 is 64.9 Å². The quantitative estimate of drug-likeness (QED) is 0.163. The number of fused-ring (bicyclic) bond motifs is 2. The molecule has 3 heterocycles. The molecule has 0 aromatic heterocycles. The van der Waals surface area contributed by atoms with Crippen molar-refractivity contribution in [1.82, 2.24) is 0 Å². The number of aliphatic hydroxyl groups is 7. The van der Waals surface area contributed by atoms with E-state index in [2.05, 4.69) is 0 Å². The van der Waals surface area contributed by atoms with Crippen LogP contribution in [0.2, 0.25) is 0 Å². The molecule has 9 N–H and O–H groups in total. The zero-order valence-electron chi connectivity index (χ0n) is 22.4. The van der Waals surface area contributed by atoms with E-state index in [9.17, 15) is 50.4 Å². The van der Waals surface area contributed by atoms with E-state index >= 15 is 0 Å². The van der Waals surface area contributed by atoms with Crippen LogP contribution in [0.25, 0.3) is 0 Å². The Balaban J connectivity index is 0.000000218. The van der Waals surface area contributed by atoms with Crippen LogP contribution in [0.15, 0.2) is 23.7 Å². The van der Waals surface area contributed by atoms with Gasteiger partial charge in [-0.3, -0.25) is 0 Å². The molecule has 15 nitrogen and oxygen atoms in total. The number of ether oxygens (including phenoxy) is 4. The normalized spacial score (nSPS) is 46.9. The number of aliphatic hydroxyl groups excluding tert-OH is 7. The Morgan fingerprint density at radius 1 is 0.780 bits per heavy atom. The maximum Gasteiger partial charge on any atom is 0.334 e. The first-order chi connectivity index (χ1) is 19.3. The van der Waals surface area contributed by atoms with E-state index in [4.69, 9.17) is 24.1 Å². The molecule has 0 spiro atoms. The highest BCUT2D eigenvalue weighted by Gasteiger charge is 2.53. The van der Waals surface area contributed by atoms with Gasteiger partial charge in [-0.2, -0.15) is 0 Å². The van der Waals surface area contributed by atoms with E-state index in [0.29, 0.717) is 6.42 Å². The fourth-order valence-electron chi connectivity index (χ4n) is 6.57. The third-order valence-electron chi connectivity index (χ3n) is 9.06. The fourth-order valence-corrected chi connectivity index (χ4v) is 6.57. The summed E-state index contributed by atoms with van der Waals surface area (Å²) in [5.74, 6) is -4.31. The third kappa shape index (κ3) is 5.96. The zero-order valence-corrected chi connectivity index (χ0v) is 22.4. The van der Waals surface area contributed by atoms with Crippen molar-refractivity contribution in [2.24, 2.45) is 35.5 Å². The molecule has 15 atom stereocenters. The number of aliphatic carboxylic acids is 2. The molecule has 2 aliphatic carbocycles. The monoisotopic (exact) mass is 590 g/mol. The molecule has 0 radical (unpaired) electrons. The molecule has 0 aromatic rings. The summed E-state index contributed by atoms with van der Waals surface area (Å²) in [6.45, 7) is 2.94. The molecule has 0 bridgehead atoms. The molecule has 232 valence electrons. The van der Waals surface area contributed by atoms with Crippen LogP contribution in [0.4, 0.5) is 0 Å². The van der Waals surface area contributed by atoms with Gasteiger partial charge in [-0.15, -0.1) is 0 Å². The Bertz CT molecular complexity index is 1030. The van der Waals surface area contributed by atoms with Crippen molar-refractivity contribution in [3.8, 4) is 0 Å². The standard InChI is InChI=1S/C16H24O10.C10H14O5/c1-5-8(18)2-6-7(14(22)23)4-24-15(10(5)6)26-16-13(21)12(20)11(19)9(3-17)25-16;1-4-7(11)2-5-6(9(12)13)3-15-10(14)8(4)5/h4-6,8-13,15-21H,2-3H2,1H3,(H,22,23);3-5,7-8,10-11,14H,2H2,1H3,(H,12,13)/t5-,6+,8-,9+,10+,11+,12-,13+,15-,16-;4-,5+,7-,8+,10+/m00/s1. The van der Waals surface area contributed by atoms with E-state index in [-0.39, 0.29) is 41.2 Å². The summed E-state index contributed by atoms with van der Waals surface area (Å²) in [5, 5.41) is 86.6. The molecule has 0 amide bonds. The Morgan fingerprint density at radius 3 is 1.83 bits per heavy atom. The molecular weight excluding hydrogens is 552 g/mol. The van der Waals surface area contributed by atoms with Crippen molar-refractivity contribution >= 4 is 11.9 Å². The van der Waals surface area contributed by atoms with Crippen molar-refractivity contribution < 1.29 is 74.5 Å². The van der Waals surface area contributed by atoms with Crippen LogP contribution in [0.3, 0.4) is 0 Å². The van der Waals surface area contributed by atoms with Crippen molar-refractivity contribution in [3.05, 3.63) is 23.7 Å². The summed E-state index contributed by atoms with van der Waals surface area (Å²) in [5.41, 5.74) is 0.181. The van der Waals surface area contributed by atoms with Crippen LogP contribution in [0, 0.1) is 35.5 Å². The van der Waals surface area contributed by atoms with Gasteiger partial charge in [0, 0.05) is 23.7 Å². The molecule has 5 aliphatic rings. The van der Waals surface area contributed by atoms with Gasteiger partial charge >= 0.3 is 11.9 Å². The second-order valence-corrected chi connectivity index (χ2v) is 11.3. The molecule has 3 fully saturated rings. The molecule has 0 unspecified atom stereocenters. The number of rotatable bonds is 5. The highest BCUT2D eigenvalue weighted by molar-refractivity contribution is 5.87. The largest absolute Gasteiger partial charge is 0.478 e. The number of hydrogen-bond donors (Lipinski definition) is 9. The van der Waals surface area contributed by atoms with Gasteiger partial charge in [0.15, 0.2) is 12.6 Å². The predicted molar refractivity (Wildman–Crippen MR) is 132 cm³/mol. The lowest BCUT2D eigenvalue weighted by Crippen LogP contribution is -2.60. The van der Waals surface area contributed by atoms with Crippen LogP contribution in [0.5, 0.6) is 0 Å². The first-order valence-corrected chi connectivity index (χ1v) is 13.5. The van der Waals surface area contributed by atoms with Crippen molar-refractivity contribution in [2.45, 2.75) is 82.2 Å². The van der Waals surface area contributed by atoms with Gasteiger partial charge in [0.1, 0.15) is 24.4 Å². The molecule has 2 saturated carbocycles. The highest BCUT2D eigenvalue weighted by Crippen LogP contribution is 2.48. The van der Waals surface area contributed by atoms with Crippen LogP contribution in [-0.4, -0.2) is 120 Å². The second-order valence-electron chi connectivity index (χ2n) is 11.3. The Labute approximate surface area is 234 Å². The second kappa shape index (κ2) is 12.5. The summed E-state index contributed by atoms with van der Waals surface area (Å²) in [7, 11) is 0. The van der Waals surface area contributed by atoms with Crippen LogP contribution in [0.1, 0.15) is 26.7 Å². The van der Waals surface area contributed by atoms with Gasteiger partial charge in [-0.05, 0) is 24.7 Å². The summed E-state index contributed by atoms with van der Waals surface area (Å²) >= 11 is 0. The molecule has 5 rings (SSSR count). The number of carboxylic acid groups (broad SMARTS) is 2. The number of hydrogen-bond acceptors (Lipinski definition) is 13. The zero-order chi connectivity index (χ0) is 30.3. The van der Waals surface area contributed by atoms with Crippen LogP contribution in [-0.2, 0) is 28.5 Å². The Hall–Kier alpha value is -2.34. The van der Waals surface area contributed by atoms with Gasteiger partial charge in [0.2, 0.25) is 6.29 Å². The smallest absolute Gasteiger partial charge is 0.334 e. The minimum Gasteiger partial charge on any atom is -0.478 e. The summed E-state index contributed by atoms with van der Waals surface area (Å²) in [6, 6.07) is 0. The number of carbonyl (C=O) groups is 2. The minimum absolute atomic E-state index is 0.0343. The highest BCUT2D eigenvalue weighted by atomic mass is 16.8. The van der Waals surface area contributed by atoms with Gasteiger partial charge in [-0.1, -0.05) is 13.8 Å². The summed E-state index contributed by atoms with van der Waals surface area (Å²) in [6.07, 6.45) is -7.82. The lowest BCUT2D eigenvalue weighted by atomic mass is 9.83. The first kappa shape index (κ1) is 31.6.